The molecule has 102 valence electrons. The molecule has 0 saturated heterocycles. The van der Waals surface area contributed by atoms with Gasteiger partial charge in [0, 0.05) is 19.6 Å². The van der Waals surface area contributed by atoms with Crippen LogP contribution in [0.2, 0.25) is 0 Å². The van der Waals surface area contributed by atoms with Gasteiger partial charge in [0.25, 0.3) is 0 Å². The second kappa shape index (κ2) is 7.34. The molecular formula is C14H23FN2O. The van der Waals surface area contributed by atoms with Gasteiger partial charge >= 0.3 is 0 Å². The molecule has 2 N–H and O–H groups in total. The summed E-state index contributed by atoms with van der Waals surface area (Å²) in [5.41, 5.74) is 1.49. The molecule has 0 spiro atoms. The Morgan fingerprint density at radius 3 is 2.78 bits per heavy atom. The maximum atomic E-state index is 14.0. The predicted molar refractivity (Wildman–Crippen MR) is 73.3 cm³/mol. The van der Waals surface area contributed by atoms with Gasteiger partial charge in [-0.1, -0.05) is 19.1 Å². The first kappa shape index (κ1) is 14.9. The Hall–Kier alpha value is -1.13. The Bertz CT molecular complexity index is 371. The van der Waals surface area contributed by atoms with Crippen molar-refractivity contribution < 1.29 is 9.50 Å². The topological polar surface area (TPSA) is 35.5 Å². The maximum absolute atomic E-state index is 14.0. The van der Waals surface area contributed by atoms with E-state index < -0.39 is 0 Å². The standard InChI is InChI=1S/C14H23FN2O/c1-4-8-16-9-12-6-5-7-13(15)14(12)17(3)11(2)10-18/h5-7,11,16,18H,4,8-10H2,1-3H3. The highest BCUT2D eigenvalue weighted by Crippen LogP contribution is 2.25. The van der Waals surface area contributed by atoms with Crippen LogP contribution in [0.4, 0.5) is 10.1 Å². The highest BCUT2D eigenvalue weighted by atomic mass is 19.1. The largest absolute Gasteiger partial charge is 0.394 e. The normalized spacial score (nSPS) is 12.5. The summed E-state index contributed by atoms with van der Waals surface area (Å²) < 4.78 is 14.0. The number of anilines is 1. The molecule has 0 bridgehead atoms. The number of aliphatic hydroxyl groups is 1. The van der Waals surface area contributed by atoms with Crippen molar-refractivity contribution in [1.82, 2.24) is 5.32 Å². The summed E-state index contributed by atoms with van der Waals surface area (Å²) in [5, 5.41) is 12.5. The van der Waals surface area contributed by atoms with Crippen LogP contribution < -0.4 is 10.2 Å². The van der Waals surface area contributed by atoms with Crippen LogP contribution in [0.3, 0.4) is 0 Å². The monoisotopic (exact) mass is 254 g/mol. The molecule has 0 heterocycles. The summed E-state index contributed by atoms with van der Waals surface area (Å²) in [4.78, 5) is 1.79. The Balaban J connectivity index is 2.92. The van der Waals surface area contributed by atoms with Gasteiger partial charge in [-0.2, -0.15) is 0 Å². The van der Waals surface area contributed by atoms with Gasteiger partial charge < -0.3 is 15.3 Å². The van der Waals surface area contributed by atoms with Gasteiger partial charge in [0.15, 0.2) is 0 Å². The van der Waals surface area contributed by atoms with Crippen LogP contribution in [0.1, 0.15) is 25.8 Å². The highest BCUT2D eigenvalue weighted by Gasteiger charge is 2.16. The zero-order valence-corrected chi connectivity index (χ0v) is 11.4. The average molecular weight is 254 g/mol. The fourth-order valence-electron chi connectivity index (χ4n) is 1.84. The number of hydrogen-bond acceptors (Lipinski definition) is 3. The van der Waals surface area contributed by atoms with E-state index in [2.05, 4.69) is 12.2 Å². The molecule has 3 nitrogen and oxygen atoms in total. The van der Waals surface area contributed by atoms with E-state index in [-0.39, 0.29) is 18.5 Å². The number of likely N-dealkylation sites (N-methyl/N-ethyl adjacent to an activating group) is 1. The third kappa shape index (κ3) is 3.68. The fourth-order valence-corrected chi connectivity index (χ4v) is 1.84. The Morgan fingerprint density at radius 1 is 1.44 bits per heavy atom. The highest BCUT2D eigenvalue weighted by molar-refractivity contribution is 5.55. The minimum Gasteiger partial charge on any atom is -0.394 e. The molecule has 1 atom stereocenters. The van der Waals surface area contributed by atoms with Gasteiger partial charge in [-0.15, -0.1) is 0 Å². The van der Waals surface area contributed by atoms with Crippen molar-refractivity contribution in [2.24, 2.45) is 0 Å². The summed E-state index contributed by atoms with van der Waals surface area (Å²) >= 11 is 0. The van der Waals surface area contributed by atoms with Crippen molar-refractivity contribution in [2.45, 2.75) is 32.9 Å². The molecular weight excluding hydrogens is 231 g/mol. The summed E-state index contributed by atoms with van der Waals surface area (Å²) in [6.45, 7) is 5.53. The van der Waals surface area contributed by atoms with Crippen molar-refractivity contribution >= 4 is 5.69 Å². The lowest BCUT2D eigenvalue weighted by molar-refractivity contribution is 0.269. The van der Waals surface area contributed by atoms with Gasteiger partial charge in [-0.3, -0.25) is 0 Å². The Labute approximate surface area is 109 Å². The van der Waals surface area contributed by atoms with Crippen molar-refractivity contribution in [3.05, 3.63) is 29.6 Å². The van der Waals surface area contributed by atoms with Crippen LogP contribution in [0.15, 0.2) is 18.2 Å². The third-order valence-electron chi connectivity index (χ3n) is 3.09. The van der Waals surface area contributed by atoms with Crippen LogP contribution in [0.25, 0.3) is 0 Å². The number of para-hydroxylation sites is 1. The first-order valence-electron chi connectivity index (χ1n) is 6.43. The van der Waals surface area contributed by atoms with E-state index >= 15 is 0 Å². The van der Waals surface area contributed by atoms with E-state index in [9.17, 15) is 9.50 Å². The van der Waals surface area contributed by atoms with E-state index in [1.54, 1.807) is 11.0 Å². The molecule has 0 aliphatic carbocycles. The molecule has 0 aliphatic heterocycles. The van der Waals surface area contributed by atoms with E-state index in [1.807, 2.05) is 20.0 Å². The number of halogens is 1. The molecule has 1 aromatic rings. The second-order valence-electron chi connectivity index (χ2n) is 4.57. The molecule has 0 aromatic heterocycles. The van der Waals surface area contributed by atoms with Crippen molar-refractivity contribution in [1.29, 1.82) is 0 Å². The van der Waals surface area contributed by atoms with Crippen LogP contribution in [0.5, 0.6) is 0 Å². The number of nitrogens with zero attached hydrogens (tertiary/aromatic N) is 1. The quantitative estimate of drug-likeness (QED) is 0.732. The first-order valence-corrected chi connectivity index (χ1v) is 6.43. The van der Waals surface area contributed by atoms with Crippen molar-refractivity contribution in [2.75, 3.05) is 25.1 Å². The molecule has 0 aliphatic rings. The second-order valence-corrected chi connectivity index (χ2v) is 4.57. The zero-order chi connectivity index (χ0) is 13.5. The minimum atomic E-state index is -0.242. The minimum absolute atomic E-state index is 0.00661. The molecule has 0 amide bonds. The number of benzene rings is 1. The van der Waals surface area contributed by atoms with Gasteiger partial charge in [0.2, 0.25) is 0 Å². The first-order chi connectivity index (χ1) is 8.61. The number of rotatable bonds is 7. The van der Waals surface area contributed by atoms with Gasteiger partial charge in [-0.25, -0.2) is 4.39 Å². The maximum Gasteiger partial charge on any atom is 0.146 e. The van der Waals surface area contributed by atoms with E-state index in [4.69, 9.17) is 0 Å². The Morgan fingerprint density at radius 2 is 2.17 bits per heavy atom. The summed E-state index contributed by atoms with van der Waals surface area (Å²) in [7, 11) is 1.81. The summed E-state index contributed by atoms with van der Waals surface area (Å²) in [5.74, 6) is -0.242. The van der Waals surface area contributed by atoms with Crippen LogP contribution in [0, 0.1) is 5.82 Å². The molecule has 0 saturated carbocycles. The average Bonchev–Trinajstić information content (AvgIpc) is 2.37. The van der Waals surface area contributed by atoms with E-state index in [1.165, 1.54) is 6.07 Å². The van der Waals surface area contributed by atoms with Crippen LogP contribution in [-0.4, -0.2) is 31.3 Å². The third-order valence-corrected chi connectivity index (χ3v) is 3.09. The molecule has 18 heavy (non-hydrogen) atoms. The van der Waals surface area contributed by atoms with Gasteiger partial charge in [0.1, 0.15) is 5.82 Å². The lowest BCUT2D eigenvalue weighted by Gasteiger charge is -2.28. The molecule has 4 heteroatoms. The summed E-state index contributed by atoms with van der Waals surface area (Å²) in [6, 6.07) is 4.99. The summed E-state index contributed by atoms with van der Waals surface area (Å²) in [6.07, 6.45) is 1.05. The zero-order valence-electron chi connectivity index (χ0n) is 11.4. The number of hydrogen-bond donors (Lipinski definition) is 2. The molecule has 1 aromatic carbocycles. The molecule has 1 unspecified atom stereocenters. The smallest absolute Gasteiger partial charge is 0.146 e. The van der Waals surface area contributed by atoms with Crippen LogP contribution in [-0.2, 0) is 6.54 Å². The lowest BCUT2D eigenvalue weighted by Crippen LogP contribution is -2.33. The van der Waals surface area contributed by atoms with E-state index in [0.717, 1.165) is 18.5 Å². The van der Waals surface area contributed by atoms with Crippen molar-refractivity contribution in [3.63, 3.8) is 0 Å². The number of nitrogens with one attached hydrogen (secondary N) is 1. The Kier molecular flexibility index (Phi) is 6.09. The van der Waals surface area contributed by atoms with E-state index in [0.29, 0.717) is 12.2 Å². The number of aliphatic hydroxyl groups excluding tert-OH is 1. The van der Waals surface area contributed by atoms with Gasteiger partial charge in [-0.05, 0) is 31.5 Å². The SMILES string of the molecule is CCCNCc1cccc(F)c1N(C)C(C)CO. The van der Waals surface area contributed by atoms with Crippen LogP contribution >= 0.6 is 0 Å². The van der Waals surface area contributed by atoms with Crippen molar-refractivity contribution in [3.8, 4) is 0 Å². The molecule has 1 rings (SSSR count). The molecule has 0 fully saturated rings. The van der Waals surface area contributed by atoms with Gasteiger partial charge in [0.05, 0.1) is 12.3 Å². The predicted octanol–water partition coefficient (Wildman–Crippen LogP) is 2.14. The lowest BCUT2D eigenvalue weighted by atomic mass is 10.1. The fraction of sp³-hybridized carbons (Fsp3) is 0.571. The molecule has 0 radical (unpaired) electrons.